The molecule has 1 aliphatic rings. The SMILES string of the molecule is CCOc1cc2c(cc1NS(=O)(=O)c1cc(F)cc(F)c1)O[C@@H](C)C2. The second-order valence-electron chi connectivity index (χ2n) is 5.73. The van der Waals surface area contributed by atoms with Gasteiger partial charge >= 0.3 is 0 Å². The molecule has 0 saturated heterocycles. The molecule has 5 nitrogen and oxygen atoms in total. The molecule has 2 aromatic carbocycles. The lowest BCUT2D eigenvalue weighted by molar-refractivity contribution is 0.254. The van der Waals surface area contributed by atoms with Crippen LogP contribution in [0.4, 0.5) is 14.5 Å². The smallest absolute Gasteiger partial charge is 0.262 e. The van der Waals surface area contributed by atoms with Gasteiger partial charge in [0.2, 0.25) is 0 Å². The second-order valence-corrected chi connectivity index (χ2v) is 7.41. The van der Waals surface area contributed by atoms with Crippen molar-refractivity contribution in [1.29, 1.82) is 0 Å². The highest BCUT2D eigenvalue weighted by Gasteiger charge is 2.25. The lowest BCUT2D eigenvalue weighted by Crippen LogP contribution is -2.14. The first-order chi connectivity index (χ1) is 11.8. The fourth-order valence-electron chi connectivity index (χ4n) is 2.68. The van der Waals surface area contributed by atoms with Crippen molar-refractivity contribution in [3.05, 3.63) is 47.5 Å². The van der Waals surface area contributed by atoms with Crippen LogP contribution in [0.2, 0.25) is 0 Å². The molecule has 1 heterocycles. The molecule has 1 atom stereocenters. The van der Waals surface area contributed by atoms with Crippen molar-refractivity contribution in [2.24, 2.45) is 0 Å². The molecule has 0 aliphatic carbocycles. The van der Waals surface area contributed by atoms with E-state index in [2.05, 4.69) is 4.72 Å². The summed E-state index contributed by atoms with van der Waals surface area (Å²) in [7, 11) is -4.20. The second kappa shape index (κ2) is 6.51. The molecule has 0 saturated carbocycles. The Labute approximate surface area is 144 Å². The summed E-state index contributed by atoms with van der Waals surface area (Å²) in [5, 5.41) is 0. The summed E-state index contributed by atoms with van der Waals surface area (Å²) in [4.78, 5) is -0.512. The average Bonchev–Trinajstić information content (AvgIpc) is 2.85. The molecular weight excluding hydrogens is 352 g/mol. The number of fused-ring (bicyclic) bond motifs is 1. The van der Waals surface area contributed by atoms with Crippen LogP contribution in [-0.4, -0.2) is 21.1 Å². The molecule has 1 aliphatic heterocycles. The predicted octanol–water partition coefficient (Wildman–Crippen LogP) is 3.49. The number of anilines is 1. The maximum atomic E-state index is 13.3. The van der Waals surface area contributed by atoms with Gasteiger partial charge in [0.25, 0.3) is 10.0 Å². The van der Waals surface area contributed by atoms with E-state index >= 15 is 0 Å². The minimum Gasteiger partial charge on any atom is -0.492 e. The van der Waals surface area contributed by atoms with Crippen molar-refractivity contribution in [1.82, 2.24) is 0 Å². The van der Waals surface area contributed by atoms with Gasteiger partial charge in [-0.25, -0.2) is 17.2 Å². The Hall–Kier alpha value is -2.35. The number of hydrogen-bond donors (Lipinski definition) is 1. The number of benzene rings is 2. The Bertz CT molecular complexity index is 895. The molecule has 2 aromatic rings. The Morgan fingerprint density at radius 1 is 1.20 bits per heavy atom. The highest BCUT2D eigenvalue weighted by molar-refractivity contribution is 7.92. The Morgan fingerprint density at radius 3 is 2.52 bits per heavy atom. The summed E-state index contributed by atoms with van der Waals surface area (Å²) in [5.41, 5.74) is 1.06. The first-order valence-corrected chi connectivity index (χ1v) is 9.22. The fraction of sp³-hybridized carbons (Fsp3) is 0.294. The Balaban J connectivity index is 2.00. The largest absolute Gasteiger partial charge is 0.492 e. The van der Waals surface area contributed by atoms with E-state index in [9.17, 15) is 17.2 Å². The van der Waals surface area contributed by atoms with Crippen LogP contribution < -0.4 is 14.2 Å². The van der Waals surface area contributed by atoms with Gasteiger partial charge in [0.1, 0.15) is 29.2 Å². The molecule has 0 spiro atoms. The Morgan fingerprint density at radius 2 is 1.88 bits per heavy atom. The summed E-state index contributed by atoms with van der Waals surface area (Å²) in [6.07, 6.45) is 0.672. The van der Waals surface area contributed by atoms with E-state index in [4.69, 9.17) is 9.47 Å². The van der Waals surface area contributed by atoms with E-state index in [-0.39, 0.29) is 11.8 Å². The van der Waals surface area contributed by atoms with Crippen LogP contribution in [-0.2, 0) is 16.4 Å². The number of halogens is 2. The zero-order valence-corrected chi connectivity index (χ0v) is 14.5. The first-order valence-electron chi connectivity index (χ1n) is 7.74. The normalized spacial score (nSPS) is 16.2. The van der Waals surface area contributed by atoms with E-state index < -0.39 is 26.6 Å². The zero-order valence-electron chi connectivity index (χ0n) is 13.7. The lowest BCUT2D eigenvalue weighted by atomic mass is 10.1. The molecule has 0 fully saturated rings. The van der Waals surface area contributed by atoms with Gasteiger partial charge in [-0.1, -0.05) is 0 Å². The lowest BCUT2D eigenvalue weighted by Gasteiger charge is -2.15. The molecular formula is C17H17F2NO4S. The Kier molecular flexibility index (Phi) is 4.55. The third kappa shape index (κ3) is 3.68. The van der Waals surface area contributed by atoms with Crippen molar-refractivity contribution in [2.45, 2.75) is 31.3 Å². The standard InChI is InChI=1S/C17H17F2NO4S/c1-3-23-17-5-11-4-10(2)24-16(11)9-15(17)20-25(21,22)14-7-12(18)6-13(19)8-14/h5-10,20H,3-4H2,1-2H3/t10-/m0/s1. The molecule has 0 aromatic heterocycles. The fourth-order valence-corrected chi connectivity index (χ4v) is 3.78. The molecule has 1 N–H and O–H groups in total. The summed E-state index contributed by atoms with van der Waals surface area (Å²) < 4.78 is 65.1. The van der Waals surface area contributed by atoms with E-state index in [1.165, 1.54) is 6.07 Å². The van der Waals surface area contributed by atoms with Crippen molar-refractivity contribution in [2.75, 3.05) is 11.3 Å². The van der Waals surface area contributed by atoms with E-state index in [0.717, 1.165) is 17.7 Å². The van der Waals surface area contributed by atoms with Gasteiger partial charge in [-0.05, 0) is 32.0 Å². The minimum atomic E-state index is -4.20. The monoisotopic (exact) mass is 369 g/mol. The van der Waals surface area contributed by atoms with Crippen LogP contribution in [0, 0.1) is 11.6 Å². The predicted molar refractivity (Wildman–Crippen MR) is 88.6 cm³/mol. The maximum Gasteiger partial charge on any atom is 0.262 e. The third-order valence-electron chi connectivity index (χ3n) is 3.69. The van der Waals surface area contributed by atoms with Gasteiger partial charge in [0.05, 0.1) is 17.2 Å². The zero-order chi connectivity index (χ0) is 18.2. The van der Waals surface area contributed by atoms with Crippen LogP contribution in [0.15, 0.2) is 35.2 Å². The molecule has 0 unspecified atom stereocenters. The first kappa shape index (κ1) is 17.5. The molecule has 134 valence electrons. The van der Waals surface area contributed by atoms with Crippen molar-refractivity contribution >= 4 is 15.7 Å². The van der Waals surface area contributed by atoms with E-state index in [1.807, 2.05) is 6.92 Å². The van der Waals surface area contributed by atoms with Crippen LogP contribution in [0.25, 0.3) is 0 Å². The molecule has 0 radical (unpaired) electrons. The van der Waals surface area contributed by atoms with Crippen LogP contribution in [0.5, 0.6) is 11.5 Å². The summed E-state index contributed by atoms with van der Waals surface area (Å²) in [6, 6.07) is 5.34. The van der Waals surface area contributed by atoms with Crippen molar-refractivity contribution in [3.8, 4) is 11.5 Å². The maximum absolute atomic E-state index is 13.3. The van der Waals surface area contributed by atoms with Crippen molar-refractivity contribution in [3.63, 3.8) is 0 Å². The van der Waals surface area contributed by atoms with Gasteiger partial charge < -0.3 is 9.47 Å². The summed E-state index contributed by atoms with van der Waals surface area (Å²) >= 11 is 0. The number of nitrogens with one attached hydrogen (secondary N) is 1. The molecule has 0 bridgehead atoms. The molecule has 0 amide bonds. The number of rotatable bonds is 5. The van der Waals surface area contributed by atoms with Crippen LogP contribution in [0.1, 0.15) is 19.4 Å². The van der Waals surface area contributed by atoms with Gasteiger partial charge in [-0.3, -0.25) is 4.72 Å². The van der Waals surface area contributed by atoms with Gasteiger partial charge in [-0.2, -0.15) is 0 Å². The topological polar surface area (TPSA) is 64.6 Å². The molecule has 3 rings (SSSR count). The van der Waals surface area contributed by atoms with Crippen LogP contribution in [0.3, 0.4) is 0 Å². The van der Waals surface area contributed by atoms with Gasteiger partial charge in [0, 0.05) is 24.1 Å². The average molecular weight is 369 g/mol. The number of hydrogen-bond acceptors (Lipinski definition) is 4. The minimum absolute atomic E-state index is 0.0198. The van der Waals surface area contributed by atoms with E-state index in [0.29, 0.717) is 30.6 Å². The molecule has 25 heavy (non-hydrogen) atoms. The van der Waals surface area contributed by atoms with Gasteiger partial charge in [-0.15, -0.1) is 0 Å². The highest BCUT2D eigenvalue weighted by Crippen LogP contribution is 2.38. The quantitative estimate of drug-likeness (QED) is 0.876. The summed E-state index contributed by atoms with van der Waals surface area (Å²) in [5.74, 6) is -1.06. The van der Waals surface area contributed by atoms with Gasteiger partial charge in [0.15, 0.2) is 0 Å². The summed E-state index contributed by atoms with van der Waals surface area (Å²) in [6.45, 7) is 4.00. The number of ether oxygens (including phenoxy) is 2. The van der Waals surface area contributed by atoms with E-state index in [1.54, 1.807) is 13.0 Å². The number of sulfonamides is 1. The highest BCUT2D eigenvalue weighted by atomic mass is 32.2. The van der Waals surface area contributed by atoms with Crippen LogP contribution >= 0.6 is 0 Å². The van der Waals surface area contributed by atoms with Crippen molar-refractivity contribution < 1.29 is 26.7 Å². The third-order valence-corrected chi connectivity index (χ3v) is 5.03. The molecule has 8 heteroatoms.